The number of aromatic amines is 1. The van der Waals surface area contributed by atoms with E-state index in [2.05, 4.69) is 43.5 Å². The molecule has 1 aliphatic heterocycles. The summed E-state index contributed by atoms with van der Waals surface area (Å²) in [6.45, 7) is 3.90. The Morgan fingerprint density at radius 2 is 1.61 bits per heavy atom. The summed E-state index contributed by atoms with van der Waals surface area (Å²) in [7, 11) is 2.14. The zero-order chi connectivity index (χ0) is 26.1. The molecule has 0 spiro atoms. The van der Waals surface area contributed by atoms with Crippen LogP contribution in [0.2, 0.25) is 0 Å². The molecule has 6 rings (SSSR count). The third-order valence-electron chi connectivity index (χ3n) is 7.03. The second-order valence-corrected chi connectivity index (χ2v) is 9.58. The smallest absolute Gasteiger partial charge is 0.257 e. The number of nitrogens with one attached hydrogen (secondary N) is 3. The average Bonchev–Trinajstić information content (AvgIpc) is 2.95. The van der Waals surface area contributed by atoms with Gasteiger partial charge < -0.3 is 25.4 Å². The molecule has 1 aliphatic rings. The molecule has 3 heterocycles. The van der Waals surface area contributed by atoms with E-state index in [1.54, 1.807) is 18.3 Å². The number of carbonyl (C=O) groups excluding carboxylic acids is 1. The molecule has 8 heteroatoms. The number of fused-ring (bicyclic) bond motifs is 3. The molecule has 5 aromatic rings. The van der Waals surface area contributed by atoms with Crippen LogP contribution in [0.5, 0.6) is 0 Å². The molecular weight excluding hydrogens is 476 g/mol. The molecule has 1 amide bonds. The van der Waals surface area contributed by atoms with Crippen LogP contribution in [0.25, 0.3) is 21.8 Å². The maximum absolute atomic E-state index is 12.9. The van der Waals surface area contributed by atoms with E-state index in [1.807, 2.05) is 60.7 Å². The van der Waals surface area contributed by atoms with Crippen LogP contribution in [0, 0.1) is 0 Å². The Labute approximate surface area is 219 Å². The molecule has 0 unspecified atom stereocenters. The van der Waals surface area contributed by atoms with Crippen LogP contribution in [-0.4, -0.2) is 54.0 Å². The number of likely N-dealkylation sites (N-methyl/N-ethyl adjacent to an activating group) is 1. The Bertz CT molecular complexity index is 1670. The van der Waals surface area contributed by atoms with Gasteiger partial charge in [0.05, 0.1) is 5.69 Å². The highest BCUT2D eigenvalue weighted by atomic mass is 16.1. The lowest BCUT2D eigenvalue weighted by Gasteiger charge is -2.34. The van der Waals surface area contributed by atoms with Gasteiger partial charge in [-0.3, -0.25) is 9.59 Å². The van der Waals surface area contributed by atoms with Crippen molar-refractivity contribution in [3.63, 3.8) is 0 Å². The minimum Gasteiger partial charge on any atom is -0.369 e. The number of hydrogen-bond acceptors (Lipinski definition) is 6. The molecular formula is C30H28N6O2. The number of benzene rings is 3. The van der Waals surface area contributed by atoms with E-state index >= 15 is 0 Å². The maximum Gasteiger partial charge on any atom is 0.257 e. The first-order chi connectivity index (χ1) is 18.5. The highest BCUT2D eigenvalue weighted by molar-refractivity contribution is 6.12. The van der Waals surface area contributed by atoms with Crippen LogP contribution in [-0.2, 0) is 0 Å². The van der Waals surface area contributed by atoms with E-state index in [4.69, 9.17) is 0 Å². The van der Waals surface area contributed by atoms with Crippen molar-refractivity contribution in [2.24, 2.45) is 0 Å². The molecule has 0 aliphatic carbocycles. The lowest BCUT2D eigenvalue weighted by atomic mass is 10.1. The number of hydrogen-bond donors (Lipinski definition) is 3. The van der Waals surface area contributed by atoms with Gasteiger partial charge >= 0.3 is 0 Å². The Hall–Kier alpha value is -4.69. The Morgan fingerprint density at radius 3 is 2.37 bits per heavy atom. The second kappa shape index (κ2) is 9.99. The van der Waals surface area contributed by atoms with Crippen molar-refractivity contribution in [2.75, 3.05) is 48.8 Å². The molecule has 1 fully saturated rings. The molecule has 2 aromatic heterocycles. The van der Waals surface area contributed by atoms with Gasteiger partial charge in [-0.25, -0.2) is 4.98 Å². The minimum absolute atomic E-state index is 0.152. The van der Waals surface area contributed by atoms with E-state index < -0.39 is 0 Å². The molecule has 0 bridgehead atoms. The molecule has 0 atom stereocenters. The minimum atomic E-state index is -0.155. The summed E-state index contributed by atoms with van der Waals surface area (Å²) in [5.41, 5.74) is 4.49. The summed E-state index contributed by atoms with van der Waals surface area (Å²) in [4.78, 5) is 37.4. The number of H-pyrrole nitrogens is 1. The van der Waals surface area contributed by atoms with Crippen LogP contribution >= 0.6 is 0 Å². The molecule has 3 N–H and O–H groups in total. The Balaban J connectivity index is 1.32. The van der Waals surface area contributed by atoms with Crippen molar-refractivity contribution in [3.05, 3.63) is 101 Å². The third-order valence-corrected chi connectivity index (χ3v) is 7.03. The molecule has 0 radical (unpaired) electrons. The third kappa shape index (κ3) is 4.69. The van der Waals surface area contributed by atoms with E-state index in [9.17, 15) is 9.59 Å². The lowest BCUT2D eigenvalue weighted by molar-refractivity contribution is 0.102. The SMILES string of the molecule is CN1CCN(c2ccc3c(=O)[nH]c4nccc(Nc5ccc(NC(=O)c6ccccc6)cc5)c4c3c2)CC1. The molecule has 8 nitrogen and oxygen atoms in total. The van der Waals surface area contributed by atoms with Gasteiger partial charge in [0, 0.05) is 71.2 Å². The van der Waals surface area contributed by atoms with Gasteiger partial charge in [-0.2, -0.15) is 0 Å². The first kappa shape index (κ1) is 23.7. The fourth-order valence-corrected chi connectivity index (χ4v) is 4.89. The summed E-state index contributed by atoms with van der Waals surface area (Å²) in [6.07, 6.45) is 1.69. The van der Waals surface area contributed by atoms with Gasteiger partial charge in [0.1, 0.15) is 5.65 Å². The Morgan fingerprint density at radius 1 is 0.868 bits per heavy atom. The number of aromatic nitrogens is 2. The molecule has 1 saturated heterocycles. The normalized spacial score (nSPS) is 14.1. The topological polar surface area (TPSA) is 93.4 Å². The monoisotopic (exact) mass is 504 g/mol. The van der Waals surface area contributed by atoms with Gasteiger partial charge in [-0.05, 0) is 67.7 Å². The van der Waals surface area contributed by atoms with Gasteiger partial charge in [0.15, 0.2) is 0 Å². The van der Waals surface area contributed by atoms with Crippen LogP contribution in [0.3, 0.4) is 0 Å². The number of anilines is 4. The predicted molar refractivity (Wildman–Crippen MR) is 154 cm³/mol. The van der Waals surface area contributed by atoms with E-state index in [-0.39, 0.29) is 11.5 Å². The number of piperazine rings is 1. The summed E-state index contributed by atoms with van der Waals surface area (Å²) in [5.74, 6) is -0.155. The summed E-state index contributed by atoms with van der Waals surface area (Å²) in [5, 5.41) is 8.76. The van der Waals surface area contributed by atoms with Crippen LogP contribution in [0.4, 0.5) is 22.7 Å². The molecule has 0 saturated carbocycles. The van der Waals surface area contributed by atoms with E-state index in [1.165, 1.54) is 0 Å². The van der Waals surface area contributed by atoms with Crippen molar-refractivity contribution < 1.29 is 4.79 Å². The zero-order valence-corrected chi connectivity index (χ0v) is 21.1. The summed E-state index contributed by atoms with van der Waals surface area (Å²) < 4.78 is 0. The van der Waals surface area contributed by atoms with Crippen molar-refractivity contribution in [3.8, 4) is 0 Å². The number of pyridine rings is 2. The lowest BCUT2D eigenvalue weighted by Crippen LogP contribution is -2.44. The molecule has 3 aromatic carbocycles. The van der Waals surface area contributed by atoms with Crippen LogP contribution in [0.1, 0.15) is 10.4 Å². The molecule has 38 heavy (non-hydrogen) atoms. The Kier molecular flexibility index (Phi) is 6.23. The average molecular weight is 505 g/mol. The van der Waals surface area contributed by atoms with Crippen LogP contribution < -0.4 is 21.1 Å². The van der Waals surface area contributed by atoms with Crippen molar-refractivity contribution in [2.45, 2.75) is 0 Å². The quantitative estimate of drug-likeness (QED) is 0.297. The van der Waals surface area contributed by atoms with E-state index in [0.717, 1.165) is 54.0 Å². The zero-order valence-electron chi connectivity index (χ0n) is 21.1. The van der Waals surface area contributed by atoms with Crippen molar-refractivity contribution >= 4 is 50.5 Å². The highest BCUT2D eigenvalue weighted by Gasteiger charge is 2.17. The largest absolute Gasteiger partial charge is 0.369 e. The molecule has 190 valence electrons. The van der Waals surface area contributed by atoms with Crippen LogP contribution in [0.15, 0.2) is 89.9 Å². The summed E-state index contributed by atoms with van der Waals surface area (Å²) in [6, 6.07) is 24.6. The van der Waals surface area contributed by atoms with E-state index in [0.29, 0.717) is 22.3 Å². The number of rotatable bonds is 5. The summed E-state index contributed by atoms with van der Waals surface area (Å²) >= 11 is 0. The van der Waals surface area contributed by atoms with Gasteiger partial charge in [0.2, 0.25) is 0 Å². The number of carbonyl (C=O) groups is 1. The van der Waals surface area contributed by atoms with Gasteiger partial charge in [-0.15, -0.1) is 0 Å². The predicted octanol–water partition coefficient (Wildman–Crippen LogP) is 4.82. The fraction of sp³-hybridized carbons (Fsp3) is 0.167. The van der Waals surface area contributed by atoms with Gasteiger partial charge in [0.25, 0.3) is 11.5 Å². The first-order valence-electron chi connectivity index (χ1n) is 12.7. The highest BCUT2D eigenvalue weighted by Crippen LogP contribution is 2.32. The standard InChI is InChI=1S/C30H28N6O2/c1-35-15-17-36(18-16-35)23-11-12-24-25(19-23)27-26(13-14-31-28(27)34-30(24)38)32-21-7-9-22(10-8-21)33-29(37)20-5-3-2-4-6-20/h2-14,19H,15-18H2,1H3,(H,33,37)(H2,31,32,34,38). The second-order valence-electron chi connectivity index (χ2n) is 9.58. The first-order valence-corrected chi connectivity index (χ1v) is 12.7. The number of nitrogens with zero attached hydrogens (tertiary/aromatic N) is 3. The number of amides is 1. The van der Waals surface area contributed by atoms with Gasteiger partial charge in [-0.1, -0.05) is 18.2 Å². The maximum atomic E-state index is 12.9. The van der Waals surface area contributed by atoms with Crippen molar-refractivity contribution in [1.82, 2.24) is 14.9 Å². The fourth-order valence-electron chi connectivity index (χ4n) is 4.89. The van der Waals surface area contributed by atoms with Crippen molar-refractivity contribution in [1.29, 1.82) is 0 Å².